The van der Waals surface area contributed by atoms with Gasteiger partial charge in [-0.25, -0.2) is 4.79 Å². The Morgan fingerprint density at radius 2 is 1.75 bits per heavy atom. The molecule has 0 atom stereocenters. The Balaban J connectivity index is 1.89. The van der Waals surface area contributed by atoms with Crippen molar-refractivity contribution in [3.05, 3.63) is 69.1 Å². The number of carbonyl (C=O) groups excluding carboxylic acids is 1. The molecule has 0 saturated carbocycles. The third-order valence-electron chi connectivity index (χ3n) is 5.02. The minimum Gasteiger partial charge on any atom is -0.422 e. The SMILES string of the molecule is Cc1ccc(NC(=O)C(C)C)cc1NCc1cc(=O)oc2c(C)c(C)ccc12. The Labute approximate surface area is 164 Å². The van der Waals surface area contributed by atoms with E-state index in [4.69, 9.17) is 4.42 Å². The summed E-state index contributed by atoms with van der Waals surface area (Å²) >= 11 is 0. The molecule has 146 valence electrons. The zero-order valence-corrected chi connectivity index (χ0v) is 17.0. The predicted molar refractivity (Wildman–Crippen MR) is 114 cm³/mol. The van der Waals surface area contributed by atoms with Gasteiger partial charge in [-0.3, -0.25) is 4.79 Å². The zero-order chi connectivity index (χ0) is 20.4. The Morgan fingerprint density at radius 1 is 1.04 bits per heavy atom. The third-order valence-corrected chi connectivity index (χ3v) is 5.02. The maximum Gasteiger partial charge on any atom is 0.336 e. The van der Waals surface area contributed by atoms with Gasteiger partial charge in [0.2, 0.25) is 5.91 Å². The molecule has 0 bridgehead atoms. The Hall–Kier alpha value is -3.08. The molecule has 0 aliphatic rings. The van der Waals surface area contributed by atoms with Crippen molar-refractivity contribution in [2.45, 2.75) is 41.2 Å². The van der Waals surface area contributed by atoms with Crippen molar-refractivity contribution in [3.8, 4) is 0 Å². The molecule has 5 heteroatoms. The first-order valence-corrected chi connectivity index (χ1v) is 9.44. The van der Waals surface area contributed by atoms with E-state index in [1.807, 2.05) is 65.0 Å². The lowest BCUT2D eigenvalue weighted by Crippen LogP contribution is -2.17. The first-order valence-electron chi connectivity index (χ1n) is 9.44. The standard InChI is InChI=1S/C23H26N2O3/c1-13(2)23(27)25-18-8-6-15(4)20(11-18)24-12-17-10-21(26)28-22-16(5)14(3)7-9-19(17)22/h6-11,13,24H,12H2,1-5H3,(H,25,27). The molecule has 3 aromatic rings. The Bertz CT molecular complexity index is 1100. The fourth-order valence-electron chi connectivity index (χ4n) is 3.04. The number of amides is 1. The Morgan fingerprint density at radius 3 is 2.46 bits per heavy atom. The molecule has 2 aromatic carbocycles. The maximum atomic E-state index is 12.0. The lowest BCUT2D eigenvalue weighted by Gasteiger charge is -2.14. The van der Waals surface area contributed by atoms with Crippen molar-refractivity contribution in [2.24, 2.45) is 5.92 Å². The summed E-state index contributed by atoms with van der Waals surface area (Å²) in [5, 5.41) is 7.24. The van der Waals surface area contributed by atoms with Crippen LogP contribution >= 0.6 is 0 Å². The summed E-state index contributed by atoms with van der Waals surface area (Å²) in [5.74, 6) is -0.105. The number of anilines is 2. The van der Waals surface area contributed by atoms with Crippen LogP contribution in [0.15, 0.2) is 45.6 Å². The van der Waals surface area contributed by atoms with Gasteiger partial charge >= 0.3 is 5.63 Å². The average molecular weight is 378 g/mol. The van der Waals surface area contributed by atoms with Crippen LogP contribution in [0.5, 0.6) is 0 Å². The van der Waals surface area contributed by atoms with Crippen LogP contribution in [0.1, 0.15) is 36.1 Å². The van der Waals surface area contributed by atoms with Crippen LogP contribution in [-0.4, -0.2) is 5.91 Å². The number of carbonyl (C=O) groups is 1. The molecule has 0 aliphatic carbocycles. The van der Waals surface area contributed by atoms with Crippen molar-refractivity contribution in [1.29, 1.82) is 0 Å². The van der Waals surface area contributed by atoms with Gasteiger partial charge < -0.3 is 15.1 Å². The lowest BCUT2D eigenvalue weighted by molar-refractivity contribution is -0.118. The molecule has 0 radical (unpaired) electrons. The monoisotopic (exact) mass is 378 g/mol. The largest absolute Gasteiger partial charge is 0.422 e. The second-order valence-corrected chi connectivity index (χ2v) is 7.50. The summed E-state index contributed by atoms with van der Waals surface area (Å²) in [6.07, 6.45) is 0. The first kappa shape index (κ1) is 19.7. The van der Waals surface area contributed by atoms with Crippen molar-refractivity contribution in [1.82, 2.24) is 0 Å². The summed E-state index contributed by atoms with van der Waals surface area (Å²) in [6.45, 7) is 10.2. The van der Waals surface area contributed by atoms with Gasteiger partial charge in [-0.15, -0.1) is 0 Å². The quantitative estimate of drug-likeness (QED) is 0.618. The van der Waals surface area contributed by atoms with Crippen LogP contribution < -0.4 is 16.3 Å². The van der Waals surface area contributed by atoms with Crippen LogP contribution in [0.2, 0.25) is 0 Å². The summed E-state index contributed by atoms with van der Waals surface area (Å²) in [4.78, 5) is 24.0. The van der Waals surface area contributed by atoms with Crippen LogP contribution in [-0.2, 0) is 11.3 Å². The molecule has 0 spiro atoms. The van der Waals surface area contributed by atoms with Crippen molar-refractivity contribution < 1.29 is 9.21 Å². The molecule has 5 nitrogen and oxygen atoms in total. The van der Waals surface area contributed by atoms with Gasteiger partial charge in [0.05, 0.1) is 0 Å². The molecular weight excluding hydrogens is 352 g/mol. The topological polar surface area (TPSA) is 71.3 Å². The second-order valence-electron chi connectivity index (χ2n) is 7.50. The van der Waals surface area contributed by atoms with E-state index in [-0.39, 0.29) is 17.5 Å². The normalized spacial score (nSPS) is 11.1. The summed E-state index contributed by atoms with van der Waals surface area (Å²) in [6, 6.07) is 11.3. The maximum absolute atomic E-state index is 12.0. The molecule has 0 unspecified atom stereocenters. The molecule has 1 amide bonds. The van der Waals surface area contributed by atoms with E-state index < -0.39 is 0 Å². The van der Waals surface area contributed by atoms with E-state index in [1.165, 1.54) is 6.07 Å². The van der Waals surface area contributed by atoms with E-state index in [2.05, 4.69) is 10.6 Å². The average Bonchev–Trinajstić information content (AvgIpc) is 2.65. The van der Waals surface area contributed by atoms with E-state index in [1.54, 1.807) is 0 Å². The van der Waals surface area contributed by atoms with Gasteiger partial charge in [0.15, 0.2) is 0 Å². The van der Waals surface area contributed by atoms with Crippen molar-refractivity contribution in [3.63, 3.8) is 0 Å². The van der Waals surface area contributed by atoms with Crippen LogP contribution in [0.4, 0.5) is 11.4 Å². The molecule has 1 heterocycles. The van der Waals surface area contributed by atoms with Gasteiger partial charge in [-0.1, -0.05) is 32.0 Å². The minimum atomic E-state index is -0.354. The predicted octanol–water partition coefficient (Wildman–Crippen LogP) is 4.92. The summed E-state index contributed by atoms with van der Waals surface area (Å²) < 4.78 is 5.44. The van der Waals surface area contributed by atoms with Crippen LogP contribution in [0.3, 0.4) is 0 Å². The van der Waals surface area contributed by atoms with E-state index in [9.17, 15) is 9.59 Å². The number of benzene rings is 2. The third kappa shape index (κ3) is 4.09. The van der Waals surface area contributed by atoms with E-state index >= 15 is 0 Å². The fraction of sp³-hybridized carbons (Fsp3) is 0.304. The zero-order valence-electron chi connectivity index (χ0n) is 17.0. The lowest BCUT2D eigenvalue weighted by atomic mass is 10.0. The van der Waals surface area contributed by atoms with E-state index in [0.717, 1.165) is 39.0 Å². The smallest absolute Gasteiger partial charge is 0.336 e. The molecule has 3 rings (SSSR count). The number of aryl methyl sites for hydroxylation is 3. The van der Waals surface area contributed by atoms with Crippen LogP contribution in [0.25, 0.3) is 11.0 Å². The van der Waals surface area contributed by atoms with Crippen molar-refractivity contribution in [2.75, 3.05) is 10.6 Å². The van der Waals surface area contributed by atoms with Crippen molar-refractivity contribution >= 4 is 28.3 Å². The van der Waals surface area contributed by atoms with Gasteiger partial charge in [0.1, 0.15) is 5.58 Å². The molecule has 0 aliphatic heterocycles. The Kier molecular flexibility index (Phi) is 5.54. The number of rotatable bonds is 5. The second kappa shape index (κ2) is 7.89. The molecule has 1 aromatic heterocycles. The first-order chi connectivity index (χ1) is 13.3. The summed E-state index contributed by atoms with van der Waals surface area (Å²) in [5.41, 5.74) is 5.94. The van der Waals surface area contributed by atoms with Gasteiger partial charge in [-0.2, -0.15) is 0 Å². The highest BCUT2D eigenvalue weighted by atomic mass is 16.4. The van der Waals surface area contributed by atoms with Crippen LogP contribution in [0, 0.1) is 26.7 Å². The number of nitrogens with one attached hydrogen (secondary N) is 2. The minimum absolute atomic E-state index is 0.0210. The fourth-order valence-corrected chi connectivity index (χ4v) is 3.04. The number of fused-ring (bicyclic) bond motifs is 1. The van der Waals surface area contributed by atoms with E-state index in [0.29, 0.717) is 12.1 Å². The highest BCUT2D eigenvalue weighted by Crippen LogP contribution is 2.25. The van der Waals surface area contributed by atoms with Gasteiger partial charge in [0.25, 0.3) is 0 Å². The van der Waals surface area contributed by atoms with Gasteiger partial charge in [-0.05, 0) is 55.2 Å². The molecule has 2 N–H and O–H groups in total. The molecule has 28 heavy (non-hydrogen) atoms. The summed E-state index contributed by atoms with van der Waals surface area (Å²) in [7, 11) is 0. The molecule has 0 fully saturated rings. The number of hydrogen-bond acceptors (Lipinski definition) is 4. The molecule has 0 saturated heterocycles. The van der Waals surface area contributed by atoms with Gasteiger partial charge in [0, 0.05) is 35.3 Å². The number of hydrogen-bond donors (Lipinski definition) is 2. The molecular formula is C23H26N2O3. The highest BCUT2D eigenvalue weighted by Gasteiger charge is 2.11. The highest BCUT2D eigenvalue weighted by molar-refractivity contribution is 5.92.